The number of hydrogen-bond acceptors (Lipinski definition) is 3. The van der Waals surface area contributed by atoms with Crippen LogP contribution in [0, 0.1) is 0 Å². The van der Waals surface area contributed by atoms with Crippen molar-refractivity contribution in [1.29, 1.82) is 0 Å². The van der Waals surface area contributed by atoms with Crippen molar-refractivity contribution in [3.8, 4) is 11.5 Å². The molecule has 0 aromatic heterocycles. The Hall–Kier alpha value is -2.27. The van der Waals surface area contributed by atoms with Gasteiger partial charge in [-0.2, -0.15) is 0 Å². The van der Waals surface area contributed by atoms with Crippen LogP contribution in [-0.2, 0) is 0 Å². The van der Waals surface area contributed by atoms with Crippen LogP contribution < -0.4 is 14.8 Å². The van der Waals surface area contributed by atoms with Gasteiger partial charge in [0.1, 0.15) is 18.1 Å². The second kappa shape index (κ2) is 8.55. The van der Waals surface area contributed by atoms with E-state index in [-0.39, 0.29) is 5.91 Å². The highest BCUT2D eigenvalue weighted by Crippen LogP contribution is 2.28. The Morgan fingerprint density at radius 2 is 1.92 bits per heavy atom. The van der Waals surface area contributed by atoms with Gasteiger partial charge in [0.15, 0.2) is 0 Å². The highest BCUT2D eigenvalue weighted by atomic mass is 79.9. The average molecular weight is 390 g/mol. The summed E-state index contributed by atoms with van der Waals surface area (Å²) in [7, 11) is 0. The molecule has 1 N–H and O–H groups in total. The molecule has 0 radical (unpaired) electrons. The normalized spacial score (nSPS) is 10.1. The van der Waals surface area contributed by atoms with E-state index in [4.69, 9.17) is 9.47 Å². The fourth-order valence-electron chi connectivity index (χ4n) is 2.05. The van der Waals surface area contributed by atoms with Crippen molar-refractivity contribution in [1.82, 2.24) is 0 Å². The maximum atomic E-state index is 12.7. The number of nitrogens with one attached hydrogen (secondary N) is 1. The molecule has 0 saturated carbocycles. The zero-order chi connectivity index (χ0) is 17.5. The number of ether oxygens (including phenoxy) is 2. The van der Waals surface area contributed by atoms with Gasteiger partial charge in [-0.15, -0.1) is 0 Å². The summed E-state index contributed by atoms with van der Waals surface area (Å²) >= 11 is 3.39. The number of anilines is 1. The van der Waals surface area contributed by atoms with Crippen LogP contribution >= 0.6 is 15.9 Å². The molecular weight excluding hydrogens is 370 g/mol. The number of amides is 1. The van der Waals surface area contributed by atoms with Gasteiger partial charge < -0.3 is 14.8 Å². The molecule has 0 aliphatic carbocycles. The number of carbonyl (C=O) groups excluding carboxylic acids is 1. The summed E-state index contributed by atoms with van der Waals surface area (Å²) in [6, 6.07) is 12.6. The quantitative estimate of drug-likeness (QED) is 0.673. The van der Waals surface area contributed by atoms with Crippen molar-refractivity contribution in [2.24, 2.45) is 0 Å². The molecule has 126 valence electrons. The lowest BCUT2D eigenvalue weighted by Crippen LogP contribution is -2.15. The molecule has 1 amide bonds. The molecule has 0 heterocycles. The van der Waals surface area contributed by atoms with E-state index in [1.807, 2.05) is 38.1 Å². The first-order chi connectivity index (χ1) is 11.5. The third-order valence-corrected chi connectivity index (χ3v) is 3.59. The van der Waals surface area contributed by atoms with Gasteiger partial charge in [0.25, 0.3) is 5.91 Å². The number of para-hydroxylation sites is 2. The molecule has 0 aliphatic rings. The summed E-state index contributed by atoms with van der Waals surface area (Å²) in [6.07, 6.45) is 0. The van der Waals surface area contributed by atoms with Crippen LogP contribution in [0.25, 0.3) is 0 Å². The summed E-state index contributed by atoms with van der Waals surface area (Å²) in [4.78, 5) is 12.7. The van der Waals surface area contributed by atoms with Crippen LogP contribution in [0.3, 0.4) is 0 Å². The van der Waals surface area contributed by atoms with Gasteiger partial charge in [0.2, 0.25) is 0 Å². The van der Waals surface area contributed by atoms with Crippen LogP contribution in [0.2, 0.25) is 0 Å². The second-order valence-corrected chi connectivity index (χ2v) is 6.19. The minimum absolute atomic E-state index is 0.258. The van der Waals surface area contributed by atoms with E-state index in [1.165, 1.54) is 0 Å². The van der Waals surface area contributed by atoms with Crippen molar-refractivity contribution in [2.75, 3.05) is 18.5 Å². The van der Waals surface area contributed by atoms with Crippen molar-refractivity contribution in [3.05, 3.63) is 64.7 Å². The Balaban J connectivity index is 2.24. The van der Waals surface area contributed by atoms with E-state index >= 15 is 0 Å². The maximum Gasteiger partial charge on any atom is 0.259 e. The van der Waals surface area contributed by atoms with Crippen LogP contribution in [0.15, 0.2) is 59.1 Å². The Kier molecular flexibility index (Phi) is 6.44. The molecule has 2 aromatic rings. The first-order valence-corrected chi connectivity index (χ1v) is 8.40. The SMILES string of the molecule is C=C(C)COc1ccccc1NC(=O)c1cc(Br)ccc1OCC. The minimum Gasteiger partial charge on any atom is -0.493 e. The zero-order valence-corrected chi connectivity index (χ0v) is 15.4. The van der Waals surface area contributed by atoms with E-state index in [9.17, 15) is 4.79 Å². The predicted molar refractivity (Wildman–Crippen MR) is 100 cm³/mol. The molecule has 2 aromatic carbocycles. The molecule has 0 atom stereocenters. The second-order valence-electron chi connectivity index (χ2n) is 5.27. The summed E-state index contributed by atoms with van der Waals surface area (Å²) in [6.45, 7) is 8.46. The van der Waals surface area contributed by atoms with Gasteiger partial charge in [-0.1, -0.05) is 34.6 Å². The lowest BCUT2D eigenvalue weighted by Gasteiger charge is -2.14. The topological polar surface area (TPSA) is 47.6 Å². The molecule has 0 spiro atoms. The lowest BCUT2D eigenvalue weighted by molar-refractivity contribution is 0.102. The molecule has 0 unspecified atom stereocenters. The number of hydrogen-bond donors (Lipinski definition) is 1. The molecule has 0 aliphatic heterocycles. The van der Waals surface area contributed by atoms with Crippen molar-refractivity contribution < 1.29 is 14.3 Å². The Morgan fingerprint density at radius 3 is 2.62 bits per heavy atom. The Labute approximate surface area is 150 Å². The van der Waals surface area contributed by atoms with Gasteiger partial charge in [-0.25, -0.2) is 0 Å². The van der Waals surface area contributed by atoms with Crippen molar-refractivity contribution >= 4 is 27.5 Å². The van der Waals surface area contributed by atoms with Gasteiger partial charge >= 0.3 is 0 Å². The molecular formula is C19H20BrNO3. The van der Waals surface area contributed by atoms with Gasteiger partial charge in [0.05, 0.1) is 17.9 Å². The smallest absolute Gasteiger partial charge is 0.259 e. The lowest BCUT2D eigenvalue weighted by atomic mass is 10.1. The molecule has 0 fully saturated rings. The number of halogens is 1. The summed E-state index contributed by atoms with van der Waals surface area (Å²) < 4.78 is 12.0. The molecule has 24 heavy (non-hydrogen) atoms. The van der Waals surface area contributed by atoms with Crippen LogP contribution in [0.4, 0.5) is 5.69 Å². The Bertz CT molecular complexity index is 743. The van der Waals surface area contributed by atoms with E-state index in [0.717, 1.165) is 10.0 Å². The van der Waals surface area contributed by atoms with E-state index in [2.05, 4.69) is 27.8 Å². The fourth-order valence-corrected chi connectivity index (χ4v) is 2.41. The van der Waals surface area contributed by atoms with E-state index < -0.39 is 0 Å². The zero-order valence-electron chi connectivity index (χ0n) is 13.8. The minimum atomic E-state index is -0.258. The fraction of sp³-hybridized carbons (Fsp3) is 0.211. The van der Waals surface area contributed by atoms with Crippen LogP contribution in [0.1, 0.15) is 24.2 Å². The number of benzene rings is 2. The van der Waals surface area contributed by atoms with Gasteiger partial charge in [-0.05, 0) is 49.8 Å². The first-order valence-electron chi connectivity index (χ1n) is 7.61. The van der Waals surface area contributed by atoms with Crippen molar-refractivity contribution in [3.63, 3.8) is 0 Å². The summed E-state index contributed by atoms with van der Waals surface area (Å²) in [5, 5.41) is 2.88. The molecule has 0 saturated heterocycles. The molecule has 5 heteroatoms. The maximum absolute atomic E-state index is 12.7. The van der Waals surface area contributed by atoms with Crippen LogP contribution in [0.5, 0.6) is 11.5 Å². The largest absolute Gasteiger partial charge is 0.493 e. The monoisotopic (exact) mass is 389 g/mol. The number of rotatable bonds is 7. The third kappa shape index (κ3) is 4.86. The summed E-state index contributed by atoms with van der Waals surface area (Å²) in [5.41, 5.74) is 1.97. The summed E-state index contributed by atoms with van der Waals surface area (Å²) in [5.74, 6) is 0.881. The van der Waals surface area contributed by atoms with E-state index in [1.54, 1.807) is 18.2 Å². The van der Waals surface area contributed by atoms with Crippen LogP contribution in [-0.4, -0.2) is 19.1 Å². The van der Waals surface area contributed by atoms with Gasteiger partial charge in [-0.3, -0.25) is 4.79 Å². The third-order valence-electron chi connectivity index (χ3n) is 3.10. The first kappa shape index (κ1) is 18.1. The standard InChI is InChI=1S/C19H20BrNO3/c1-4-23-17-10-9-14(20)11-15(17)19(22)21-16-7-5-6-8-18(16)24-12-13(2)3/h5-11H,2,4,12H2,1,3H3,(H,21,22). The van der Waals surface area contributed by atoms with E-state index in [0.29, 0.717) is 36.0 Å². The molecule has 0 bridgehead atoms. The average Bonchev–Trinajstić information content (AvgIpc) is 2.55. The highest BCUT2D eigenvalue weighted by Gasteiger charge is 2.15. The molecule has 4 nitrogen and oxygen atoms in total. The predicted octanol–water partition coefficient (Wildman–Crippen LogP) is 5.06. The Morgan fingerprint density at radius 1 is 1.17 bits per heavy atom. The van der Waals surface area contributed by atoms with Crippen molar-refractivity contribution in [2.45, 2.75) is 13.8 Å². The number of carbonyl (C=O) groups is 1. The molecule has 2 rings (SSSR count). The van der Waals surface area contributed by atoms with Gasteiger partial charge in [0, 0.05) is 4.47 Å². The highest BCUT2D eigenvalue weighted by molar-refractivity contribution is 9.10.